The molecule has 6 N–H and O–H groups in total. The van der Waals surface area contributed by atoms with Crippen LogP contribution in [0.5, 0.6) is 0 Å². The molecule has 0 bridgehead atoms. The van der Waals surface area contributed by atoms with Crippen LogP contribution < -0.4 is 5.32 Å². The lowest BCUT2D eigenvalue weighted by Crippen LogP contribution is -2.71. The summed E-state index contributed by atoms with van der Waals surface area (Å²) in [7, 11) is 0. The number of ketones is 2. The molecule has 0 unspecified atom stereocenters. The maximum atomic E-state index is 12.8. The number of rotatable bonds is 8. The number of Topliss-reactive ketones (excluding diaryl/α,β-unsaturated/α-hetero) is 2. The van der Waals surface area contributed by atoms with Crippen molar-refractivity contribution in [2.24, 2.45) is 0 Å². The van der Waals surface area contributed by atoms with Gasteiger partial charge in [0.25, 0.3) is 11.2 Å². The minimum Gasteiger partial charge on any atom is -0.479 e. The first kappa shape index (κ1) is 35.5. The summed E-state index contributed by atoms with van der Waals surface area (Å²) in [5.41, 5.74) is -6.73. The van der Waals surface area contributed by atoms with Crippen molar-refractivity contribution < 1.29 is 49.4 Å². The minimum absolute atomic E-state index is 0.135. The molecule has 240 valence electrons. The fourth-order valence-corrected chi connectivity index (χ4v) is 5.04. The van der Waals surface area contributed by atoms with Crippen LogP contribution in [0.1, 0.15) is 58.2 Å². The predicted octanol–water partition coefficient (Wildman–Crippen LogP) is 3.27. The van der Waals surface area contributed by atoms with Gasteiger partial charge >= 0.3 is 11.9 Å². The van der Waals surface area contributed by atoms with Gasteiger partial charge in [-0.3, -0.25) is 9.59 Å². The van der Waals surface area contributed by atoms with Crippen LogP contribution in [0, 0.1) is 13.8 Å². The third kappa shape index (κ3) is 6.99. The Kier molecular flexibility index (Phi) is 10.4. The Balaban J connectivity index is 0.000000276. The van der Waals surface area contributed by atoms with E-state index in [0.717, 1.165) is 24.3 Å². The number of aliphatic carboxylic acids is 2. The Hall–Kier alpha value is -3.97. The van der Waals surface area contributed by atoms with Gasteiger partial charge in [-0.1, -0.05) is 83.4 Å². The van der Waals surface area contributed by atoms with Crippen LogP contribution in [0.15, 0.2) is 72.8 Å². The first-order chi connectivity index (χ1) is 20.8. The van der Waals surface area contributed by atoms with Crippen LogP contribution in [-0.2, 0) is 20.1 Å². The number of ether oxygens (including phenoxy) is 1. The monoisotopic (exact) mass is 641 g/mol. The lowest BCUT2D eigenvalue weighted by atomic mass is 9.73. The van der Waals surface area contributed by atoms with Gasteiger partial charge in [0.1, 0.15) is 0 Å². The minimum atomic E-state index is -3.96. The second kappa shape index (κ2) is 13.2. The third-order valence-electron chi connectivity index (χ3n) is 7.51. The van der Waals surface area contributed by atoms with Crippen LogP contribution in [0.3, 0.4) is 0 Å². The number of morpholine rings is 1. The number of aryl methyl sites for hydroxylation is 2. The Bertz CT molecular complexity index is 1510. The molecule has 4 rings (SSSR count). The summed E-state index contributed by atoms with van der Waals surface area (Å²) in [4.78, 5) is 49.1. The van der Waals surface area contributed by atoms with Crippen LogP contribution in [0.2, 0.25) is 5.02 Å². The molecular weight excluding hydrogens is 606 g/mol. The number of carboxylic acids is 2. The molecule has 0 aliphatic carbocycles. The van der Waals surface area contributed by atoms with Gasteiger partial charge in [0.2, 0.25) is 17.4 Å². The van der Waals surface area contributed by atoms with E-state index in [1.54, 1.807) is 26.0 Å². The van der Waals surface area contributed by atoms with E-state index in [0.29, 0.717) is 28.3 Å². The quantitative estimate of drug-likeness (QED) is 0.156. The lowest BCUT2D eigenvalue weighted by Gasteiger charge is -2.46. The summed E-state index contributed by atoms with van der Waals surface area (Å²) in [5.74, 6) is -9.33. The molecule has 11 nitrogen and oxygen atoms in total. The molecule has 3 aromatic carbocycles. The van der Waals surface area contributed by atoms with Gasteiger partial charge in [-0.25, -0.2) is 9.59 Å². The molecule has 0 aromatic heterocycles. The Morgan fingerprint density at radius 3 is 1.60 bits per heavy atom. The van der Waals surface area contributed by atoms with Crippen molar-refractivity contribution in [3.63, 3.8) is 0 Å². The fourth-order valence-electron chi connectivity index (χ4n) is 4.85. The van der Waals surface area contributed by atoms with Crippen molar-refractivity contribution in [3.8, 4) is 0 Å². The van der Waals surface area contributed by atoms with Crippen LogP contribution in [0.4, 0.5) is 0 Å². The maximum absolute atomic E-state index is 12.8. The van der Waals surface area contributed by atoms with Gasteiger partial charge in [-0.2, -0.15) is 0 Å². The summed E-state index contributed by atoms with van der Waals surface area (Å²) in [6.07, 6.45) is 0. The number of hydrogen-bond donors (Lipinski definition) is 6. The standard InChI is InChI=1S/C20H18O8.C13H18ClNO2/c1-11-3-7-13(8-4-11)15(21)19(27,17(23)24)20(28,18(25)26)16(22)14-9-5-12(2)6-10-14;1-9-13(16,17-8-12(2,3)15-9)10-5-4-6-11(14)7-10/h3-10,27-28H,1-2H3,(H,23,24)(H,25,26);4-7,9,15-16H,8H2,1-3H3/t19-,20-;9-,13+/m10/s1. The van der Waals surface area contributed by atoms with E-state index in [2.05, 4.69) is 5.32 Å². The highest BCUT2D eigenvalue weighted by atomic mass is 35.5. The van der Waals surface area contributed by atoms with E-state index >= 15 is 0 Å². The zero-order chi connectivity index (χ0) is 34.0. The summed E-state index contributed by atoms with van der Waals surface area (Å²) >= 11 is 5.94. The lowest BCUT2D eigenvalue weighted by molar-refractivity contribution is -0.263. The second-order valence-corrected chi connectivity index (χ2v) is 12.1. The van der Waals surface area contributed by atoms with Crippen molar-refractivity contribution >= 4 is 35.1 Å². The largest absolute Gasteiger partial charge is 0.479 e. The van der Waals surface area contributed by atoms with Crippen molar-refractivity contribution in [1.82, 2.24) is 5.32 Å². The molecule has 1 fully saturated rings. The number of carboxylic acid groups (broad SMARTS) is 2. The maximum Gasteiger partial charge on any atom is 0.348 e. The molecule has 0 saturated carbocycles. The number of hydrogen-bond acceptors (Lipinski definition) is 9. The molecule has 12 heteroatoms. The molecule has 0 spiro atoms. The number of aliphatic hydroxyl groups is 3. The van der Waals surface area contributed by atoms with Crippen molar-refractivity contribution in [3.05, 3.63) is 106 Å². The average Bonchev–Trinajstić information content (AvgIpc) is 2.98. The normalized spacial score (nSPS) is 21.7. The van der Waals surface area contributed by atoms with Gasteiger partial charge in [-0.15, -0.1) is 0 Å². The molecular formula is C33H36ClNO10. The summed E-state index contributed by atoms with van der Waals surface area (Å²) in [6.45, 7) is 9.81. The molecule has 1 saturated heterocycles. The molecule has 3 aromatic rings. The Morgan fingerprint density at radius 2 is 1.24 bits per heavy atom. The third-order valence-corrected chi connectivity index (χ3v) is 7.75. The highest BCUT2D eigenvalue weighted by Gasteiger charge is 2.69. The number of nitrogens with one attached hydrogen (secondary N) is 1. The van der Waals surface area contributed by atoms with Crippen LogP contribution in [0.25, 0.3) is 0 Å². The van der Waals surface area contributed by atoms with Gasteiger partial charge in [0.05, 0.1) is 12.6 Å². The topological polar surface area (TPSA) is 191 Å². The zero-order valence-electron chi connectivity index (χ0n) is 25.4. The van der Waals surface area contributed by atoms with Crippen molar-refractivity contribution in [2.75, 3.05) is 6.61 Å². The van der Waals surface area contributed by atoms with Gasteiger partial charge < -0.3 is 35.6 Å². The van der Waals surface area contributed by atoms with Crippen molar-refractivity contribution in [1.29, 1.82) is 0 Å². The highest BCUT2D eigenvalue weighted by Crippen LogP contribution is 2.34. The van der Waals surface area contributed by atoms with Crippen LogP contribution >= 0.6 is 11.6 Å². The van der Waals surface area contributed by atoms with E-state index in [4.69, 9.17) is 16.3 Å². The van der Waals surface area contributed by atoms with Crippen LogP contribution in [-0.4, -0.2) is 78.4 Å². The molecule has 45 heavy (non-hydrogen) atoms. The van der Waals surface area contributed by atoms with E-state index in [1.807, 2.05) is 32.9 Å². The fraction of sp³-hybridized carbons (Fsp3) is 0.333. The van der Waals surface area contributed by atoms with E-state index in [1.165, 1.54) is 24.3 Å². The zero-order valence-corrected chi connectivity index (χ0v) is 26.1. The van der Waals surface area contributed by atoms with Gasteiger partial charge in [0.15, 0.2) is 0 Å². The number of benzene rings is 3. The molecule has 0 amide bonds. The number of carbonyl (C=O) groups is 4. The summed E-state index contributed by atoms with van der Waals surface area (Å²) < 4.78 is 5.67. The Labute approximate surface area is 265 Å². The van der Waals surface area contributed by atoms with E-state index in [9.17, 15) is 44.7 Å². The average molecular weight is 642 g/mol. The summed E-state index contributed by atoms with van der Waals surface area (Å²) in [5, 5.41) is 54.9. The smallest absolute Gasteiger partial charge is 0.348 e. The molecule has 1 heterocycles. The van der Waals surface area contributed by atoms with Gasteiger partial charge in [0, 0.05) is 27.3 Å². The van der Waals surface area contributed by atoms with Gasteiger partial charge in [-0.05, 0) is 46.8 Å². The number of carbonyl (C=O) groups excluding carboxylic acids is 2. The molecule has 4 atom stereocenters. The second-order valence-electron chi connectivity index (χ2n) is 11.7. The molecule has 0 radical (unpaired) electrons. The highest BCUT2D eigenvalue weighted by molar-refractivity contribution is 6.30. The molecule has 1 aliphatic rings. The van der Waals surface area contributed by atoms with Crippen molar-refractivity contribution in [2.45, 2.75) is 63.2 Å². The first-order valence-electron chi connectivity index (χ1n) is 13.8. The predicted molar refractivity (Wildman–Crippen MR) is 164 cm³/mol. The first-order valence-corrected chi connectivity index (χ1v) is 14.2. The number of halogens is 1. The summed E-state index contributed by atoms with van der Waals surface area (Å²) in [6, 6.07) is 17.3. The van der Waals surface area contributed by atoms with E-state index in [-0.39, 0.29) is 22.7 Å². The van der Waals surface area contributed by atoms with E-state index < -0.39 is 40.5 Å². The SMILES string of the molecule is C[C@@H]1NC(C)(C)CO[C@@]1(O)c1cccc(Cl)c1.Cc1ccc(C(=O)[C@@](O)(C(=O)O)[C@](O)(C(=O)O)C(=O)c2ccc(C)cc2)cc1. The Morgan fingerprint density at radius 1 is 0.822 bits per heavy atom. The molecule has 1 aliphatic heterocycles.